The average molecular weight is 310 g/mol. The van der Waals surface area contributed by atoms with Crippen molar-refractivity contribution < 1.29 is 14.4 Å². The monoisotopic (exact) mass is 310 g/mol. The third-order valence-corrected chi connectivity index (χ3v) is 4.52. The van der Waals surface area contributed by atoms with Crippen LogP contribution in [0.4, 0.5) is 0 Å². The van der Waals surface area contributed by atoms with Gasteiger partial charge in [0, 0.05) is 46.2 Å². The van der Waals surface area contributed by atoms with Crippen LogP contribution in [0.1, 0.15) is 26.2 Å². The summed E-state index contributed by atoms with van der Waals surface area (Å²) in [4.78, 5) is 41.0. The topological polar surface area (TPSA) is 87.0 Å². The molecular formula is C15H26N4O3. The molecular weight excluding hydrogens is 284 g/mol. The minimum atomic E-state index is -0.416. The van der Waals surface area contributed by atoms with Crippen molar-refractivity contribution in [3.8, 4) is 0 Å². The summed E-state index contributed by atoms with van der Waals surface area (Å²) in [5.74, 6) is -0.779. The number of carbonyl (C=O) groups is 3. The van der Waals surface area contributed by atoms with Gasteiger partial charge in [-0.05, 0) is 19.3 Å². The molecule has 0 bridgehead atoms. The fourth-order valence-electron chi connectivity index (χ4n) is 3.12. The van der Waals surface area contributed by atoms with Crippen LogP contribution in [0.2, 0.25) is 0 Å². The molecule has 0 spiro atoms. The molecule has 1 unspecified atom stereocenters. The number of hydrogen-bond donors (Lipinski definition) is 1. The maximum atomic E-state index is 12.4. The lowest BCUT2D eigenvalue weighted by molar-refractivity contribution is -0.134. The number of nitrogens with zero attached hydrogens (tertiary/aromatic N) is 3. The minimum Gasteiger partial charge on any atom is -0.369 e. The SMILES string of the molecule is CC(=O)N1CCN(CC(=O)N2CCCCC2)CC(C(N)=O)C1. The molecule has 0 radical (unpaired) electrons. The summed E-state index contributed by atoms with van der Waals surface area (Å²) >= 11 is 0. The van der Waals surface area contributed by atoms with E-state index in [1.807, 2.05) is 9.80 Å². The van der Waals surface area contributed by atoms with E-state index in [0.717, 1.165) is 25.9 Å². The predicted molar refractivity (Wildman–Crippen MR) is 81.8 cm³/mol. The van der Waals surface area contributed by atoms with Crippen LogP contribution in [0.25, 0.3) is 0 Å². The van der Waals surface area contributed by atoms with E-state index in [1.54, 1.807) is 4.90 Å². The Morgan fingerprint density at radius 2 is 1.64 bits per heavy atom. The Bertz CT molecular complexity index is 435. The molecule has 0 aliphatic carbocycles. The van der Waals surface area contributed by atoms with Gasteiger partial charge in [0.1, 0.15) is 0 Å². The first-order valence-electron chi connectivity index (χ1n) is 8.02. The van der Waals surface area contributed by atoms with Crippen molar-refractivity contribution in [3.05, 3.63) is 0 Å². The van der Waals surface area contributed by atoms with Crippen LogP contribution < -0.4 is 5.73 Å². The number of hydrogen-bond acceptors (Lipinski definition) is 4. The van der Waals surface area contributed by atoms with E-state index in [1.165, 1.54) is 13.3 Å². The molecule has 2 aliphatic heterocycles. The Labute approximate surface area is 131 Å². The first-order chi connectivity index (χ1) is 10.5. The molecule has 0 saturated carbocycles. The van der Waals surface area contributed by atoms with Crippen LogP contribution in [0.3, 0.4) is 0 Å². The van der Waals surface area contributed by atoms with Crippen LogP contribution in [0.5, 0.6) is 0 Å². The summed E-state index contributed by atoms with van der Waals surface area (Å²) < 4.78 is 0. The van der Waals surface area contributed by atoms with Gasteiger partial charge in [0.15, 0.2) is 0 Å². The van der Waals surface area contributed by atoms with Gasteiger partial charge in [-0.1, -0.05) is 0 Å². The van der Waals surface area contributed by atoms with Crippen LogP contribution in [0.15, 0.2) is 0 Å². The van der Waals surface area contributed by atoms with Crippen LogP contribution in [0, 0.1) is 5.92 Å². The van der Waals surface area contributed by atoms with Crippen molar-refractivity contribution in [1.29, 1.82) is 0 Å². The Kier molecular flexibility index (Phi) is 5.76. The highest BCUT2D eigenvalue weighted by Gasteiger charge is 2.29. The number of nitrogens with two attached hydrogens (primary N) is 1. The minimum absolute atomic E-state index is 0.0598. The molecule has 3 amide bonds. The van der Waals surface area contributed by atoms with Crippen molar-refractivity contribution in [2.75, 3.05) is 45.8 Å². The van der Waals surface area contributed by atoms with Gasteiger partial charge in [-0.2, -0.15) is 0 Å². The van der Waals surface area contributed by atoms with E-state index in [2.05, 4.69) is 0 Å². The zero-order valence-electron chi connectivity index (χ0n) is 13.3. The summed E-state index contributed by atoms with van der Waals surface area (Å²) in [6, 6.07) is 0. The van der Waals surface area contributed by atoms with E-state index < -0.39 is 11.8 Å². The molecule has 7 nitrogen and oxygen atoms in total. The molecule has 0 aromatic rings. The summed E-state index contributed by atoms with van der Waals surface area (Å²) in [6.45, 7) is 5.37. The van der Waals surface area contributed by atoms with E-state index in [4.69, 9.17) is 5.73 Å². The number of carbonyl (C=O) groups excluding carboxylic acids is 3. The largest absolute Gasteiger partial charge is 0.369 e. The van der Waals surface area contributed by atoms with Gasteiger partial charge < -0.3 is 15.5 Å². The third-order valence-electron chi connectivity index (χ3n) is 4.52. The smallest absolute Gasteiger partial charge is 0.236 e. The molecule has 22 heavy (non-hydrogen) atoms. The molecule has 2 N–H and O–H groups in total. The number of amides is 3. The standard InChI is InChI=1S/C15H26N4O3/c1-12(20)19-8-7-17(9-13(10-19)15(16)22)11-14(21)18-5-3-2-4-6-18/h13H,2-11H2,1H3,(H2,16,22). The van der Waals surface area contributed by atoms with E-state index in [0.29, 0.717) is 32.7 Å². The highest BCUT2D eigenvalue weighted by atomic mass is 16.2. The first kappa shape index (κ1) is 16.7. The van der Waals surface area contributed by atoms with Gasteiger partial charge in [-0.25, -0.2) is 0 Å². The Morgan fingerprint density at radius 3 is 2.23 bits per heavy atom. The molecule has 2 heterocycles. The second-order valence-corrected chi connectivity index (χ2v) is 6.24. The van der Waals surface area contributed by atoms with Gasteiger partial charge >= 0.3 is 0 Å². The lowest BCUT2D eigenvalue weighted by Crippen LogP contribution is -2.45. The van der Waals surface area contributed by atoms with Crippen molar-refractivity contribution in [2.45, 2.75) is 26.2 Å². The molecule has 0 aromatic heterocycles. The number of piperidine rings is 1. The van der Waals surface area contributed by atoms with Crippen LogP contribution in [-0.2, 0) is 14.4 Å². The van der Waals surface area contributed by atoms with Gasteiger partial charge in [0.05, 0.1) is 12.5 Å². The number of likely N-dealkylation sites (tertiary alicyclic amines) is 1. The number of rotatable bonds is 3. The second-order valence-electron chi connectivity index (χ2n) is 6.24. The maximum Gasteiger partial charge on any atom is 0.236 e. The zero-order chi connectivity index (χ0) is 16.1. The van der Waals surface area contributed by atoms with Crippen molar-refractivity contribution in [2.24, 2.45) is 11.7 Å². The lowest BCUT2D eigenvalue weighted by Gasteiger charge is -2.30. The predicted octanol–water partition coefficient (Wildman–Crippen LogP) is -0.735. The molecule has 2 fully saturated rings. The molecule has 2 rings (SSSR count). The van der Waals surface area contributed by atoms with E-state index in [-0.39, 0.29) is 11.8 Å². The van der Waals surface area contributed by atoms with E-state index >= 15 is 0 Å². The molecule has 1 atom stereocenters. The Balaban J connectivity index is 1.95. The Morgan fingerprint density at radius 1 is 0.955 bits per heavy atom. The van der Waals surface area contributed by atoms with Crippen molar-refractivity contribution in [1.82, 2.24) is 14.7 Å². The highest BCUT2D eigenvalue weighted by molar-refractivity contribution is 5.80. The number of primary amides is 1. The maximum absolute atomic E-state index is 12.4. The molecule has 2 aliphatic rings. The van der Waals surface area contributed by atoms with Gasteiger partial charge in [-0.15, -0.1) is 0 Å². The summed E-state index contributed by atoms with van der Waals surface area (Å²) in [5.41, 5.74) is 5.44. The summed E-state index contributed by atoms with van der Waals surface area (Å²) in [6.07, 6.45) is 3.31. The molecule has 124 valence electrons. The lowest BCUT2D eigenvalue weighted by atomic mass is 10.1. The van der Waals surface area contributed by atoms with Crippen molar-refractivity contribution >= 4 is 17.7 Å². The molecule has 7 heteroatoms. The van der Waals surface area contributed by atoms with E-state index in [9.17, 15) is 14.4 Å². The van der Waals surface area contributed by atoms with Gasteiger partial charge in [0.2, 0.25) is 17.7 Å². The molecule has 0 aromatic carbocycles. The Hall–Kier alpha value is -1.63. The molecule has 2 saturated heterocycles. The van der Waals surface area contributed by atoms with Gasteiger partial charge in [0.25, 0.3) is 0 Å². The quantitative estimate of drug-likeness (QED) is 0.744. The average Bonchev–Trinajstić information content (AvgIpc) is 2.71. The van der Waals surface area contributed by atoms with Crippen LogP contribution in [-0.4, -0.2) is 78.2 Å². The third kappa shape index (κ3) is 4.43. The van der Waals surface area contributed by atoms with Crippen molar-refractivity contribution in [3.63, 3.8) is 0 Å². The second kappa shape index (κ2) is 7.58. The highest BCUT2D eigenvalue weighted by Crippen LogP contribution is 2.12. The van der Waals surface area contributed by atoms with Gasteiger partial charge in [-0.3, -0.25) is 19.3 Å². The fourth-order valence-corrected chi connectivity index (χ4v) is 3.12. The summed E-state index contributed by atoms with van der Waals surface area (Å²) in [5, 5.41) is 0. The fraction of sp³-hybridized carbons (Fsp3) is 0.800. The summed E-state index contributed by atoms with van der Waals surface area (Å²) in [7, 11) is 0. The van der Waals surface area contributed by atoms with Crippen LogP contribution >= 0.6 is 0 Å². The normalized spacial score (nSPS) is 24.0. The first-order valence-corrected chi connectivity index (χ1v) is 8.02. The zero-order valence-corrected chi connectivity index (χ0v) is 13.3.